The predicted octanol–water partition coefficient (Wildman–Crippen LogP) is 3.80. The van der Waals surface area contributed by atoms with Crippen molar-refractivity contribution in [2.75, 3.05) is 28.4 Å². The van der Waals surface area contributed by atoms with Gasteiger partial charge in [0.1, 0.15) is 11.5 Å². The number of aromatic amines is 1. The highest BCUT2D eigenvalue weighted by Gasteiger charge is 2.22. The number of aromatic nitrogens is 1. The number of carboxylic acid groups (broad SMARTS) is 1. The molecular weight excluding hydrogens is 362 g/mol. The monoisotopic (exact) mass is 385 g/mol. The third kappa shape index (κ3) is 3.31. The fraction of sp³-hybridized carbons (Fsp3) is 0.286. The number of aliphatic carboxylic acids is 1. The van der Waals surface area contributed by atoms with Crippen LogP contribution in [0, 0.1) is 6.92 Å². The largest absolute Gasteiger partial charge is 0.497 e. The number of rotatable bonds is 7. The molecule has 0 atom stereocenters. The fourth-order valence-corrected chi connectivity index (χ4v) is 3.40. The van der Waals surface area contributed by atoms with E-state index in [0.29, 0.717) is 39.8 Å². The number of H-pyrrole nitrogens is 1. The van der Waals surface area contributed by atoms with Crippen molar-refractivity contribution >= 4 is 16.9 Å². The van der Waals surface area contributed by atoms with Gasteiger partial charge in [-0.2, -0.15) is 0 Å². The van der Waals surface area contributed by atoms with Crippen molar-refractivity contribution in [2.45, 2.75) is 13.3 Å². The van der Waals surface area contributed by atoms with Crippen LogP contribution in [-0.2, 0) is 11.2 Å². The van der Waals surface area contributed by atoms with Gasteiger partial charge in [0.15, 0.2) is 11.5 Å². The van der Waals surface area contributed by atoms with Gasteiger partial charge in [-0.05, 0) is 36.2 Å². The molecule has 2 N–H and O–H groups in total. The summed E-state index contributed by atoms with van der Waals surface area (Å²) in [6.45, 7) is 1.95. The molecule has 1 heterocycles. The first kappa shape index (κ1) is 19.4. The minimum absolute atomic E-state index is 0.153. The molecule has 3 aromatic rings. The molecule has 0 aliphatic heterocycles. The standard InChI is InChI=1S/C21H23NO6/c1-11-6-12(25-2)7-13-14(9-19(23)24)21(22-20(11)13)15-8-17(27-4)18(28-5)10-16(15)26-3/h6-8,10,22H,9H2,1-5H3,(H,23,24). The van der Waals surface area contributed by atoms with Gasteiger partial charge in [-0.3, -0.25) is 4.79 Å². The fourth-order valence-electron chi connectivity index (χ4n) is 3.40. The van der Waals surface area contributed by atoms with Gasteiger partial charge in [-0.1, -0.05) is 0 Å². The SMILES string of the molecule is COc1cc(C)c2[nH]c(-c3cc(OC)c(OC)cc3OC)c(CC(=O)O)c2c1. The van der Waals surface area contributed by atoms with Gasteiger partial charge in [0.25, 0.3) is 0 Å². The Labute approximate surface area is 162 Å². The Bertz CT molecular complexity index is 1040. The Hall–Kier alpha value is -3.35. The third-order valence-electron chi connectivity index (χ3n) is 4.72. The summed E-state index contributed by atoms with van der Waals surface area (Å²) in [6, 6.07) is 7.24. The number of hydrogen-bond donors (Lipinski definition) is 2. The number of hydrogen-bond acceptors (Lipinski definition) is 5. The van der Waals surface area contributed by atoms with Crippen LogP contribution in [0.4, 0.5) is 0 Å². The number of carbonyl (C=O) groups is 1. The van der Waals surface area contributed by atoms with E-state index in [0.717, 1.165) is 16.5 Å². The van der Waals surface area contributed by atoms with Gasteiger partial charge in [0.05, 0.1) is 40.6 Å². The van der Waals surface area contributed by atoms with Gasteiger partial charge in [-0.15, -0.1) is 0 Å². The minimum atomic E-state index is -0.929. The maximum Gasteiger partial charge on any atom is 0.307 e. The van der Waals surface area contributed by atoms with Crippen molar-refractivity contribution in [2.24, 2.45) is 0 Å². The summed E-state index contributed by atoms with van der Waals surface area (Å²) < 4.78 is 21.7. The van der Waals surface area contributed by atoms with Crippen molar-refractivity contribution in [1.29, 1.82) is 0 Å². The van der Waals surface area contributed by atoms with Crippen LogP contribution in [0.5, 0.6) is 23.0 Å². The molecule has 3 rings (SSSR count). The van der Waals surface area contributed by atoms with E-state index in [1.54, 1.807) is 40.6 Å². The zero-order valence-electron chi connectivity index (χ0n) is 16.5. The van der Waals surface area contributed by atoms with Gasteiger partial charge in [-0.25, -0.2) is 0 Å². The van der Waals surface area contributed by atoms with Crippen LogP contribution in [0.3, 0.4) is 0 Å². The highest BCUT2D eigenvalue weighted by Crippen LogP contribution is 2.43. The second-order valence-electron chi connectivity index (χ2n) is 6.32. The second-order valence-corrected chi connectivity index (χ2v) is 6.32. The van der Waals surface area contributed by atoms with Crippen LogP contribution in [0.2, 0.25) is 0 Å². The molecule has 7 nitrogen and oxygen atoms in total. The zero-order valence-corrected chi connectivity index (χ0v) is 16.5. The van der Waals surface area contributed by atoms with Crippen LogP contribution in [-0.4, -0.2) is 44.5 Å². The highest BCUT2D eigenvalue weighted by molar-refractivity contribution is 5.97. The van der Waals surface area contributed by atoms with Gasteiger partial charge in [0, 0.05) is 22.5 Å². The number of nitrogens with one attached hydrogen (secondary N) is 1. The van der Waals surface area contributed by atoms with Crippen molar-refractivity contribution in [3.05, 3.63) is 35.4 Å². The third-order valence-corrected chi connectivity index (χ3v) is 4.72. The molecule has 1 aromatic heterocycles. The van der Waals surface area contributed by atoms with E-state index < -0.39 is 5.97 Å². The van der Waals surface area contributed by atoms with E-state index in [9.17, 15) is 9.90 Å². The Balaban J connectivity index is 2.36. The number of methoxy groups -OCH3 is 4. The lowest BCUT2D eigenvalue weighted by molar-refractivity contribution is -0.136. The summed E-state index contributed by atoms with van der Waals surface area (Å²) in [5.41, 5.74) is 3.79. The van der Waals surface area contributed by atoms with E-state index in [4.69, 9.17) is 18.9 Å². The predicted molar refractivity (Wildman–Crippen MR) is 106 cm³/mol. The number of aryl methyl sites for hydroxylation is 1. The van der Waals surface area contributed by atoms with Crippen LogP contribution in [0.15, 0.2) is 24.3 Å². The first-order chi connectivity index (χ1) is 13.4. The topological polar surface area (TPSA) is 90.0 Å². The highest BCUT2D eigenvalue weighted by atomic mass is 16.5. The smallest absolute Gasteiger partial charge is 0.307 e. The lowest BCUT2D eigenvalue weighted by Gasteiger charge is -2.14. The maximum atomic E-state index is 11.6. The van der Waals surface area contributed by atoms with Crippen molar-refractivity contribution in [3.63, 3.8) is 0 Å². The molecule has 0 amide bonds. The van der Waals surface area contributed by atoms with Crippen LogP contribution < -0.4 is 18.9 Å². The normalized spacial score (nSPS) is 10.8. The van der Waals surface area contributed by atoms with Crippen LogP contribution in [0.1, 0.15) is 11.1 Å². The average Bonchev–Trinajstić information content (AvgIpc) is 3.04. The number of carboxylic acids is 1. The molecule has 148 valence electrons. The average molecular weight is 385 g/mol. The molecule has 0 unspecified atom stereocenters. The van der Waals surface area contributed by atoms with Crippen molar-refractivity contribution < 1.29 is 28.8 Å². The molecule has 7 heteroatoms. The lowest BCUT2D eigenvalue weighted by Crippen LogP contribution is -2.02. The molecule has 0 bridgehead atoms. The first-order valence-electron chi connectivity index (χ1n) is 8.64. The minimum Gasteiger partial charge on any atom is -0.497 e. The Kier molecular flexibility index (Phi) is 5.35. The molecule has 0 fully saturated rings. The number of ether oxygens (including phenoxy) is 4. The van der Waals surface area contributed by atoms with Crippen molar-refractivity contribution in [1.82, 2.24) is 4.98 Å². The molecule has 0 spiro atoms. The van der Waals surface area contributed by atoms with E-state index >= 15 is 0 Å². The number of benzene rings is 2. The summed E-state index contributed by atoms with van der Waals surface area (Å²) in [6.07, 6.45) is -0.153. The maximum absolute atomic E-state index is 11.6. The van der Waals surface area contributed by atoms with Gasteiger partial charge in [0.2, 0.25) is 0 Å². The molecule has 2 aromatic carbocycles. The van der Waals surface area contributed by atoms with E-state index in [2.05, 4.69) is 4.98 Å². The van der Waals surface area contributed by atoms with E-state index in [-0.39, 0.29) is 6.42 Å². The lowest BCUT2D eigenvalue weighted by atomic mass is 10.0. The Morgan fingerprint density at radius 2 is 1.57 bits per heavy atom. The van der Waals surface area contributed by atoms with Gasteiger partial charge >= 0.3 is 5.97 Å². The Morgan fingerprint density at radius 1 is 0.929 bits per heavy atom. The summed E-state index contributed by atoms with van der Waals surface area (Å²) in [5, 5.41) is 10.3. The summed E-state index contributed by atoms with van der Waals surface area (Å²) in [4.78, 5) is 15.0. The van der Waals surface area contributed by atoms with E-state index in [1.165, 1.54) is 0 Å². The first-order valence-corrected chi connectivity index (χ1v) is 8.64. The number of fused-ring (bicyclic) bond motifs is 1. The Morgan fingerprint density at radius 3 is 2.14 bits per heavy atom. The second kappa shape index (κ2) is 7.72. The molecule has 0 aliphatic carbocycles. The van der Waals surface area contributed by atoms with E-state index in [1.807, 2.05) is 19.1 Å². The quantitative estimate of drug-likeness (QED) is 0.643. The van der Waals surface area contributed by atoms with Gasteiger partial charge < -0.3 is 29.0 Å². The summed E-state index contributed by atoms with van der Waals surface area (Å²) in [7, 11) is 6.23. The van der Waals surface area contributed by atoms with Crippen LogP contribution in [0.25, 0.3) is 22.2 Å². The van der Waals surface area contributed by atoms with Crippen LogP contribution >= 0.6 is 0 Å². The van der Waals surface area contributed by atoms with Crippen molar-refractivity contribution in [3.8, 4) is 34.3 Å². The molecule has 0 saturated carbocycles. The summed E-state index contributed by atoms with van der Waals surface area (Å²) >= 11 is 0. The summed E-state index contributed by atoms with van der Waals surface area (Å²) in [5.74, 6) is 1.33. The molecule has 0 radical (unpaired) electrons. The molecular formula is C21H23NO6. The molecule has 0 saturated heterocycles. The zero-order chi connectivity index (χ0) is 20.4. The molecule has 0 aliphatic rings. The molecule has 28 heavy (non-hydrogen) atoms.